The van der Waals surface area contributed by atoms with Gasteiger partial charge in [-0.2, -0.15) is 5.26 Å². The lowest BCUT2D eigenvalue weighted by molar-refractivity contribution is 0.227. The number of nitrogens with one attached hydrogen (secondary N) is 1. The van der Waals surface area contributed by atoms with Gasteiger partial charge in [0, 0.05) is 12.2 Å². The van der Waals surface area contributed by atoms with Crippen LogP contribution in [-0.2, 0) is 10.0 Å². The van der Waals surface area contributed by atoms with Gasteiger partial charge >= 0.3 is 0 Å². The van der Waals surface area contributed by atoms with Gasteiger partial charge in [-0.25, -0.2) is 18.1 Å². The zero-order chi connectivity index (χ0) is 14.8. The van der Waals surface area contributed by atoms with Crippen LogP contribution in [0.15, 0.2) is 23.2 Å². The van der Waals surface area contributed by atoms with Crippen molar-refractivity contribution in [1.82, 2.24) is 9.71 Å². The van der Waals surface area contributed by atoms with Gasteiger partial charge in [-0.05, 0) is 30.4 Å². The van der Waals surface area contributed by atoms with Crippen LogP contribution in [-0.4, -0.2) is 19.4 Å². The number of nitrogens with zero attached hydrogens (tertiary/aromatic N) is 2. The summed E-state index contributed by atoms with van der Waals surface area (Å²) in [6, 6.07) is 4.68. The number of nitriles is 1. The Balaban J connectivity index is 2.16. The summed E-state index contributed by atoms with van der Waals surface area (Å²) in [6.07, 6.45) is 4.30. The van der Waals surface area contributed by atoms with Crippen LogP contribution in [0.5, 0.6) is 0 Å². The minimum Gasteiger partial charge on any atom is -0.244 e. The Labute approximate surface area is 120 Å². The molecule has 0 amide bonds. The summed E-state index contributed by atoms with van der Waals surface area (Å²) in [5.74, 6) is 0.848. The molecule has 0 spiro atoms. The van der Waals surface area contributed by atoms with Gasteiger partial charge in [0.15, 0.2) is 0 Å². The maximum Gasteiger partial charge on any atom is 0.242 e. The molecule has 1 N–H and O–H groups in total. The van der Waals surface area contributed by atoms with E-state index in [-0.39, 0.29) is 16.6 Å². The lowest BCUT2D eigenvalue weighted by Crippen LogP contribution is -2.43. The van der Waals surface area contributed by atoms with Gasteiger partial charge in [0.2, 0.25) is 10.0 Å². The Bertz CT molecular complexity index is 604. The van der Waals surface area contributed by atoms with Crippen molar-refractivity contribution in [2.24, 2.45) is 11.8 Å². The van der Waals surface area contributed by atoms with Crippen molar-refractivity contribution in [3.05, 3.63) is 24.0 Å². The Morgan fingerprint density at radius 1 is 1.35 bits per heavy atom. The SMILES string of the molecule is CC1CCCC(NS(=O)(=O)c2ccc(C#N)nc2)C1C. The maximum absolute atomic E-state index is 12.3. The second-order valence-electron chi connectivity index (χ2n) is 5.49. The van der Waals surface area contributed by atoms with E-state index >= 15 is 0 Å². The molecule has 0 radical (unpaired) electrons. The van der Waals surface area contributed by atoms with E-state index in [1.807, 2.05) is 6.07 Å². The molecule has 108 valence electrons. The van der Waals surface area contributed by atoms with E-state index in [0.717, 1.165) is 19.3 Å². The monoisotopic (exact) mass is 293 g/mol. The zero-order valence-electron chi connectivity index (χ0n) is 11.7. The van der Waals surface area contributed by atoms with Crippen LogP contribution < -0.4 is 4.72 Å². The molecule has 1 aliphatic carbocycles. The predicted octanol–water partition coefficient (Wildman–Crippen LogP) is 2.06. The summed E-state index contributed by atoms with van der Waals surface area (Å²) in [5, 5.41) is 8.68. The number of hydrogen-bond donors (Lipinski definition) is 1. The first-order chi connectivity index (χ1) is 9.44. The molecule has 0 aromatic carbocycles. The second-order valence-corrected chi connectivity index (χ2v) is 7.20. The van der Waals surface area contributed by atoms with E-state index in [4.69, 9.17) is 5.26 Å². The third-order valence-electron chi connectivity index (χ3n) is 4.17. The lowest BCUT2D eigenvalue weighted by Gasteiger charge is -2.34. The summed E-state index contributed by atoms with van der Waals surface area (Å²) in [6.45, 7) is 4.25. The highest BCUT2D eigenvalue weighted by molar-refractivity contribution is 7.89. The number of pyridine rings is 1. The first-order valence-corrected chi connectivity index (χ1v) is 8.31. The van der Waals surface area contributed by atoms with Crippen molar-refractivity contribution in [2.45, 2.75) is 44.0 Å². The van der Waals surface area contributed by atoms with Gasteiger partial charge in [0.1, 0.15) is 16.7 Å². The molecule has 1 heterocycles. The number of rotatable bonds is 3. The Hall–Kier alpha value is -1.45. The molecule has 1 aliphatic rings. The van der Waals surface area contributed by atoms with Crippen molar-refractivity contribution in [3.8, 4) is 6.07 Å². The number of sulfonamides is 1. The zero-order valence-corrected chi connectivity index (χ0v) is 12.5. The normalized spacial score (nSPS) is 26.9. The van der Waals surface area contributed by atoms with Crippen LogP contribution in [0.25, 0.3) is 0 Å². The minimum absolute atomic E-state index is 0.0283. The van der Waals surface area contributed by atoms with Crippen molar-refractivity contribution < 1.29 is 8.42 Å². The highest BCUT2D eigenvalue weighted by Gasteiger charge is 2.30. The molecule has 3 unspecified atom stereocenters. The Morgan fingerprint density at radius 2 is 2.10 bits per heavy atom. The smallest absolute Gasteiger partial charge is 0.242 e. The summed E-state index contributed by atoms with van der Waals surface area (Å²) in [5.41, 5.74) is 0.212. The van der Waals surface area contributed by atoms with E-state index in [2.05, 4.69) is 23.6 Å². The molecule has 1 fully saturated rings. The van der Waals surface area contributed by atoms with Crippen LogP contribution >= 0.6 is 0 Å². The van der Waals surface area contributed by atoms with Gasteiger partial charge in [0.05, 0.1) is 0 Å². The van der Waals surface area contributed by atoms with Crippen LogP contribution in [0, 0.1) is 23.2 Å². The molecule has 3 atom stereocenters. The van der Waals surface area contributed by atoms with Crippen LogP contribution in [0.4, 0.5) is 0 Å². The largest absolute Gasteiger partial charge is 0.244 e. The maximum atomic E-state index is 12.3. The van der Waals surface area contributed by atoms with Crippen LogP contribution in [0.1, 0.15) is 38.8 Å². The van der Waals surface area contributed by atoms with Crippen molar-refractivity contribution in [2.75, 3.05) is 0 Å². The Morgan fingerprint density at radius 3 is 2.70 bits per heavy atom. The molecule has 20 heavy (non-hydrogen) atoms. The predicted molar refractivity (Wildman–Crippen MR) is 75.2 cm³/mol. The molecule has 0 saturated heterocycles. The fraction of sp³-hybridized carbons (Fsp3) is 0.571. The summed E-state index contributed by atoms with van der Waals surface area (Å²) < 4.78 is 27.4. The van der Waals surface area contributed by atoms with Gasteiger partial charge < -0.3 is 0 Å². The quantitative estimate of drug-likeness (QED) is 0.924. The average molecular weight is 293 g/mol. The number of hydrogen-bond acceptors (Lipinski definition) is 4. The standard InChI is InChI=1S/C14H19N3O2S/c1-10-4-3-5-14(11(10)2)17-20(18,19)13-7-6-12(8-15)16-9-13/h6-7,9-11,14,17H,3-5H2,1-2H3. The minimum atomic E-state index is -3.56. The summed E-state index contributed by atoms with van der Waals surface area (Å²) in [7, 11) is -3.56. The molecule has 5 nitrogen and oxygen atoms in total. The van der Waals surface area contributed by atoms with Gasteiger partial charge in [-0.3, -0.25) is 0 Å². The molecule has 1 aromatic heterocycles. The van der Waals surface area contributed by atoms with E-state index < -0.39 is 10.0 Å². The molecular weight excluding hydrogens is 274 g/mol. The van der Waals surface area contributed by atoms with Gasteiger partial charge in [0.25, 0.3) is 0 Å². The third-order valence-corrected chi connectivity index (χ3v) is 5.65. The van der Waals surface area contributed by atoms with E-state index in [0.29, 0.717) is 11.8 Å². The Kier molecular flexibility index (Phi) is 4.41. The van der Waals surface area contributed by atoms with Crippen LogP contribution in [0.2, 0.25) is 0 Å². The third kappa shape index (κ3) is 3.17. The fourth-order valence-electron chi connectivity index (χ4n) is 2.62. The van der Waals surface area contributed by atoms with E-state index in [1.165, 1.54) is 18.3 Å². The highest BCUT2D eigenvalue weighted by Crippen LogP contribution is 2.30. The van der Waals surface area contributed by atoms with Crippen LogP contribution in [0.3, 0.4) is 0 Å². The lowest BCUT2D eigenvalue weighted by atomic mass is 9.78. The fourth-order valence-corrected chi connectivity index (χ4v) is 3.93. The topological polar surface area (TPSA) is 82.9 Å². The average Bonchev–Trinajstić information content (AvgIpc) is 2.44. The van der Waals surface area contributed by atoms with E-state index in [1.54, 1.807) is 0 Å². The molecule has 0 aliphatic heterocycles. The molecule has 2 rings (SSSR count). The first kappa shape index (κ1) is 14.9. The second kappa shape index (κ2) is 5.90. The van der Waals surface area contributed by atoms with E-state index in [9.17, 15) is 8.42 Å². The van der Waals surface area contributed by atoms with Crippen molar-refractivity contribution >= 4 is 10.0 Å². The highest BCUT2D eigenvalue weighted by atomic mass is 32.2. The summed E-state index contributed by atoms with van der Waals surface area (Å²) >= 11 is 0. The van der Waals surface area contributed by atoms with Crippen molar-refractivity contribution in [3.63, 3.8) is 0 Å². The number of aromatic nitrogens is 1. The molecular formula is C14H19N3O2S. The molecule has 6 heteroatoms. The van der Waals surface area contributed by atoms with Gasteiger partial charge in [-0.15, -0.1) is 0 Å². The molecule has 0 bridgehead atoms. The molecule has 1 aromatic rings. The van der Waals surface area contributed by atoms with Crippen molar-refractivity contribution in [1.29, 1.82) is 5.26 Å². The first-order valence-electron chi connectivity index (χ1n) is 6.82. The van der Waals surface area contributed by atoms with Gasteiger partial charge in [-0.1, -0.05) is 26.7 Å². The summed E-state index contributed by atoms with van der Waals surface area (Å²) in [4.78, 5) is 3.92. The molecule has 1 saturated carbocycles.